The van der Waals surface area contributed by atoms with Crippen LogP contribution in [-0.4, -0.2) is 25.8 Å². The summed E-state index contributed by atoms with van der Waals surface area (Å²) in [5.41, 5.74) is 2.96. The minimum atomic E-state index is -0.393. The lowest BCUT2D eigenvalue weighted by Crippen LogP contribution is -2.24. The summed E-state index contributed by atoms with van der Waals surface area (Å²) < 4.78 is 10.4. The molecule has 2 aromatic rings. The van der Waals surface area contributed by atoms with Crippen molar-refractivity contribution in [1.29, 1.82) is 0 Å². The van der Waals surface area contributed by atoms with Crippen LogP contribution in [0, 0.1) is 0 Å². The molecule has 5 nitrogen and oxygen atoms in total. The van der Waals surface area contributed by atoms with Crippen molar-refractivity contribution in [2.24, 2.45) is 5.10 Å². The standard InChI is InChI=1S/C16H14Cl2N2O3/c1-22-12-5-7-13(8-6-12)23-10-15(21)20-19-9-11-3-2-4-14(17)16(11)18/h2-9H,10H2,1H3,(H,20,21). The Kier molecular flexibility index (Phi) is 6.26. The van der Waals surface area contributed by atoms with Gasteiger partial charge in [-0.15, -0.1) is 0 Å². The number of carbonyl (C=O) groups excluding carboxylic acids is 1. The molecule has 0 unspecified atom stereocenters. The van der Waals surface area contributed by atoms with Crippen LogP contribution in [0.2, 0.25) is 10.0 Å². The van der Waals surface area contributed by atoms with Crippen LogP contribution in [0.15, 0.2) is 47.6 Å². The van der Waals surface area contributed by atoms with Gasteiger partial charge in [0.25, 0.3) is 5.91 Å². The highest BCUT2D eigenvalue weighted by atomic mass is 35.5. The van der Waals surface area contributed by atoms with Crippen LogP contribution < -0.4 is 14.9 Å². The van der Waals surface area contributed by atoms with E-state index < -0.39 is 5.91 Å². The van der Waals surface area contributed by atoms with Crippen molar-refractivity contribution in [3.63, 3.8) is 0 Å². The third-order valence-corrected chi connectivity index (χ3v) is 3.64. The summed E-state index contributed by atoms with van der Waals surface area (Å²) >= 11 is 11.9. The van der Waals surface area contributed by atoms with Crippen LogP contribution in [0.1, 0.15) is 5.56 Å². The molecule has 0 aliphatic heterocycles. The van der Waals surface area contributed by atoms with E-state index in [0.717, 1.165) is 0 Å². The van der Waals surface area contributed by atoms with Crippen molar-refractivity contribution in [2.75, 3.05) is 13.7 Å². The van der Waals surface area contributed by atoms with Gasteiger partial charge in [-0.3, -0.25) is 4.79 Å². The zero-order chi connectivity index (χ0) is 16.7. The minimum Gasteiger partial charge on any atom is -0.497 e. The molecule has 2 aromatic carbocycles. The summed E-state index contributed by atoms with van der Waals surface area (Å²) in [6.45, 7) is -0.160. The van der Waals surface area contributed by atoms with Gasteiger partial charge in [-0.1, -0.05) is 35.3 Å². The van der Waals surface area contributed by atoms with Crippen molar-refractivity contribution >= 4 is 35.3 Å². The number of amides is 1. The Labute approximate surface area is 143 Å². The van der Waals surface area contributed by atoms with Gasteiger partial charge in [-0.2, -0.15) is 5.10 Å². The van der Waals surface area contributed by atoms with Crippen molar-refractivity contribution < 1.29 is 14.3 Å². The zero-order valence-corrected chi connectivity index (χ0v) is 13.8. The Morgan fingerprint density at radius 1 is 1.17 bits per heavy atom. The van der Waals surface area contributed by atoms with Gasteiger partial charge in [-0.05, 0) is 30.3 Å². The van der Waals surface area contributed by atoms with Crippen molar-refractivity contribution in [2.45, 2.75) is 0 Å². The summed E-state index contributed by atoms with van der Waals surface area (Å²) in [4.78, 5) is 11.6. The Morgan fingerprint density at radius 2 is 1.87 bits per heavy atom. The lowest BCUT2D eigenvalue weighted by Gasteiger charge is -2.06. The number of nitrogens with one attached hydrogen (secondary N) is 1. The Bertz CT molecular complexity index is 703. The number of halogens is 2. The summed E-state index contributed by atoms with van der Waals surface area (Å²) in [5, 5.41) is 4.61. The Hall–Kier alpha value is -2.24. The van der Waals surface area contributed by atoms with Crippen LogP contribution in [0.3, 0.4) is 0 Å². The van der Waals surface area contributed by atoms with Gasteiger partial charge in [-0.25, -0.2) is 5.43 Å². The first-order valence-electron chi connectivity index (χ1n) is 6.63. The quantitative estimate of drug-likeness (QED) is 0.638. The largest absolute Gasteiger partial charge is 0.497 e. The van der Waals surface area contributed by atoms with Gasteiger partial charge in [0.1, 0.15) is 11.5 Å². The molecule has 0 fully saturated rings. The number of benzene rings is 2. The molecule has 0 radical (unpaired) electrons. The van der Waals surface area contributed by atoms with Crippen molar-refractivity contribution in [1.82, 2.24) is 5.43 Å². The van der Waals surface area contributed by atoms with Crippen LogP contribution >= 0.6 is 23.2 Å². The van der Waals surface area contributed by atoms with Gasteiger partial charge >= 0.3 is 0 Å². The van der Waals surface area contributed by atoms with E-state index >= 15 is 0 Å². The topological polar surface area (TPSA) is 59.9 Å². The number of hydrazone groups is 1. The maximum Gasteiger partial charge on any atom is 0.277 e. The molecule has 0 aromatic heterocycles. The van der Waals surface area contributed by atoms with E-state index in [1.807, 2.05) is 0 Å². The SMILES string of the molecule is COc1ccc(OCC(=O)NN=Cc2cccc(Cl)c2Cl)cc1. The fourth-order valence-corrected chi connectivity index (χ4v) is 2.00. The van der Waals surface area contributed by atoms with E-state index in [9.17, 15) is 4.79 Å². The number of methoxy groups -OCH3 is 1. The predicted molar refractivity (Wildman–Crippen MR) is 90.7 cm³/mol. The predicted octanol–water partition coefficient (Wildman–Crippen LogP) is 3.53. The summed E-state index contributed by atoms with van der Waals surface area (Å²) in [7, 11) is 1.58. The molecule has 0 bridgehead atoms. The number of rotatable bonds is 6. The van der Waals surface area contributed by atoms with E-state index in [4.69, 9.17) is 32.7 Å². The van der Waals surface area contributed by atoms with Crippen LogP contribution in [0.5, 0.6) is 11.5 Å². The molecule has 0 saturated carbocycles. The Morgan fingerprint density at radius 3 is 2.57 bits per heavy atom. The van der Waals surface area contributed by atoms with Gasteiger partial charge < -0.3 is 9.47 Å². The minimum absolute atomic E-state index is 0.160. The van der Waals surface area contributed by atoms with Crippen LogP contribution in [0.4, 0.5) is 0 Å². The molecule has 1 N–H and O–H groups in total. The molecule has 7 heteroatoms. The molecule has 0 atom stereocenters. The first-order chi connectivity index (χ1) is 11.1. The molecule has 0 heterocycles. The number of nitrogens with zero attached hydrogens (tertiary/aromatic N) is 1. The lowest BCUT2D eigenvalue weighted by atomic mass is 10.2. The summed E-state index contributed by atoms with van der Waals surface area (Å²) in [6.07, 6.45) is 1.42. The van der Waals surface area contributed by atoms with E-state index in [1.54, 1.807) is 49.6 Å². The van der Waals surface area contributed by atoms with E-state index in [1.165, 1.54) is 6.21 Å². The molecular weight excluding hydrogens is 339 g/mol. The number of carbonyl (C=O) groups is 1. The Balaban J connectivity index is 1.82. The molecule has 0 spiro atoms. The maximum atomic E-state index is 11.6. The van der Waals surface area contributed by atoms with Gasteiger partial charge in [0.15, 0.2) is 6.61 Å². The molecule has 0 aliphatic carbocycles. The molecular formula is C16H14Cl2N2O3. The number of ether oxygens (including phenoxy) is 2. The van der Waals surface area contributed by atoms with Crippen LogP contribution in [-0.2, 0) is 4.79 Å². The highest BCUT2D eigenvalue weighted by molar-refractivity contribution is 6.43. The fraction of sp³-hybridized carbons (Fsp3) is 0.125. The van der Waals surface area contributed by atoms with Crippen LogP contribution in [0.25, 0.3) is 0 Å². The second-order valence-electron chi connectivity index (χ2n) is 4.40. The van der Waals surface area contributed by atoms with Crippen molar-refractivity contribution in [3.8, 4) is 11.5 Å². The normalized spacial score (nSPS) is 10.6. The highest BCUT2D eigenvalue weighted by Gasteiger charge is 2.03. The second kappa shape index (κ2) is 8.41. The average molecular weight is 353 g/mol. The zero-order valence-electron chi connectivity index (χ0n) is 12.3. The van der Waals surface area contributed by atoms with E-state index in [0.29, 0.717) is 27.1 Å². The van der Waals surface area contributed by atoms with Gasteiger partial charge in [0.2, 0.25) is 0 Å². The van der Waals surface area contributed by atoms with Gasteiger partial charge in [0.05, 0.1) is 23.4 Å². The number of hydrogen-bond donors (Lipinski definition) is 1. The number of hydrogen-bond acceptors (Lipinski definition) is 4. The summed E-state index contributed by atoms with van der Waals surface area (Å²) in [5.74, 6) is 0.878. The molecule has 120 valence electrons. The van der Waals surface area contributed by atoms with E-state index in [-0.39, 0.29) is 6.61 Å². The monoisotopic (exact) mass is 352 g/mol. The fourth-order valence-electron chi connectivity index (χ4n) is 1.65. The first kappa shape index (κ1) is 17.1. The maximum absolute atomic E-state index is 11.6. The van der Waals surface area contributed by atoms with Gasteiger partial charge in [0, 0.05) is 5.56 Å². The van der Waals surface area contributed by atoms with E-state index in [2.05, 4.69) is 10.5 Å². The third kappa shape index (κ3) is 5.16. The molecule has 0 saturated heterocycles. The lowest BCUT2D eigenvalue weighted by molar-refractivity contribution is -0.123. The second-order valence-corrected chi connectivity index (χ2v) is 5.19. The third-order valence-electron chi connectivity index (χ3n) is 2.80. The molecule has 0 aliphatic rings. The average Bonchev–Trinajstić information content (AvgIpc) is 2.57. The molecule has 23 heavy (non-hydrogen) atoms. The van der Waals surface area contributed by atoms with Crippen molar-refractivity contribution in [3.05, 3.63) is 58.1 Å². The first-order valence-corrected chi connectivity index (χ1v) is 7.38. The smallest absolute Gasteiger partial charge is 0.277 e. The highest BCUT2D eigenvalue weighted by Crippen LogP contribution is 2.24. The summed E-state index contributed by atoms with van der Waals surface area (Å²) in [6, 6.07) is 12.0. The molecule has 1 amide bonds. The molecule has 2 rings (SSSR count).